The maximum absolute atomic E-state index is 12.1. The second-order valence-corrected chi connectivity index (χ2v) is 4.45. The minimum atomic E-state index is -0.194. The van der Waals surface area contributed by atoms with Gasteiger partial charge in [-0.15, -0.1) is 12.4 Å². The summed E-state index contributed by atoms with van der Waals surface area (Å²) in [4.78, 5) is 32.6. The summed E-state index contributed by atoms with van der Waals surface area (Å²) in [5, 5.41) is 0. The van der Waals surface area contributed by atoms with Crippen molar-refractivity contribution in [2.24, 2.45) is 0 Å². The standard InChI is InChI=1S/C14H13N3O2.ClH/c18-13-10-4-1-2-5-11(10)14(19)17(13)9-3-6-12-15-7-8-16-12;/h1-2,4-5,7-8H,3,6,9H2,(H,15,16);1H. The lowest BCUT2D eigenvalue weighted by Crippen LogP contribution is -2.31. The van der Waals surface area contributed by atoms with Gasteiger partial charge in [-0.05, 0) is 18.6 Å². The number of carbonyl (C=O) groups excluding carboxylic acids is 2. The van der Waals surface area contributed by atoms with Gasteiger partial charge in [0.1, 0.15) is 5.82 Å². The third-order valence-corrected chi connectivity index (χ3v) is 3.23. The van der Waals surface area contributed by atoms with Gasteiger partial charge in [-0.1, -0.05) is 12.1 Å². The van der Waals surface area contributed by atoms with Crippen molar-refractivity contribution >= 4 is 24.2 Å². The number of nitrogens with one attached hydrogen (secondary N) is 1. The van der Waals surface area contributed by atoms with Gasteiger partial charge in [0.25, 0.3) is 11.8 Å². The zero-order chi connectivity index (χ0) is 13.2. The lowest BCUT2D eigenvalue weighted by Gasteiger charge is -2.12. The van der Waals surface area contributed by atoms with Crippen LogP contribution >= 0.6 is 12.4 Å². The fourth-order valence-corrected chi connectivity index (χ4v) is 2.28. The number of aromatic amines is 1. The van der Waals surface area contributed by atoms with Crippen LogP contribution in [0.3, 0.4) is 0 Å². The molecule has 0 fully saturated rings. The van der Waals surface area contributed by atoms with Gasteiger partial charge in [0.15, 0.2) is 0 Å². The smallest absolute Gasteiger partial charge is 0.261 e. The topological polar surface area (TPSA) is 66.1 Å². The van der Waals surface area contributed by atoms with Gasteiger partial charge < -0.3 is 4.98 Å². The van der Waals surface area contributed by atoms with Crippen molar-refractivity contribution in [1.29, 1.82) is 0 Å². The van der Waals surface area contributed by atoms with Crippen molar-refractivity contribution in [2.75, 3.05) is 6.54 Å². The van der Waals surface area contributed by atoms with Gasteiger partial charge in [-0.2, -0.15) is 0 Å². The van der Waals surface area contributed by atoms with E-state index in [4.69, 9.17) is 0 Å². The van der Waals surface area contributed by atoms with Crippen molar-refractivity contribution in [3.63, 3.8) is 0 Å². The number of imidazole rings is 1. The van der Waals surface area contributed by atoms with Crippen LogP contribution in [0.1, 0.15) is 33.0 Å². The molecule has 5 nitrogen and oxygen atoms in total. The average Bonchev–Trinajstić information content (AvgIpc) is 3.02. The number of H-pyrrole nitrogens is 1. The summed E-state index contributed by atoms with van der Waals surface area (Å²) in [7, 11) is 0. The quantitative estimate of drug-likeness (QED) is 0.877. The number of imide groups is 1. The number of amides is 2. The summed E-state index contributed by atoms with van der Waals surface area (Å²) in [6.07, 6.45) is 4.88. The van der Waals surface area contributed by atoms with Crippen LogP contribution in [-0.2, 0) is 6.42 Å². The second kappa shape index (κ2) is 5.88. The lowest BCUT2D eigenvalue weighted by atomic mass is 10.1. The van der Waals surface area contributed by atoms with Crippen LogP contribution in [-0.4, -0.2) is 33.2 Å². The number of fused-ring (bicyclic) bond motifs is 1. The van der Waals surface area contributed by atoms with Gasteiger partial charge in [0, 0.05) is 25.4 Å². The number of aromatic nitrogens is 2. The first-order chi connectivity index (χ1) is 9.27. The summed E-state index contributed by atoms with van der Waals surface area (Å²) in [5.74, 6) is 0.483. The first-order valence-corrected chi connectivity index (χ1v) is 6.21. The third kappa shape index (κ3) is 2.44. The van der Waals surface area contributed by atoms with Crippen LogP contribution in [0, 0.1) is 0 Å². The third-order valence-electron chi connectivity index (χ3n) is 3.23. The molecule has 0 radical (unpaired) electrons. The summed E-state index contributed by atoms with van der Waals surface area (Å²) >= 11 is 0. The minimum Gasteiger partial charge on any atom is -0.349 e. The molecule has 20 heavy (non-hydrogen) atoms. The fourth-order valence-electron chi connectivity index (χ4n) is 2.28. The van der Waals surface area contributed by atoms with Crippen LogP contribution in [0.5, 0.6) is 0 Å². The van der Waals surface area contributed by atoms with Gasteiger partial charge in [-0.25, -0.2) is 4.98 Å². The largest absolute Gasteiger partial charge is 0.349 e. The number of carbonyl (C=O) groups is 2. The summed E-state index contributed by atoms with van der Waals surface area (Å²) in [6.45, 7) is 0.424. The van der Waals surface area contributed by atoms with Crippen LogP contribution < -0.4 is 0 Å². The molecule has 1 aliphatic rings. The van der Waals surface area contributed by atoms with E-state index in [-0.39, 0.29) is 24.2 Å². The van der Waals surface area contributed by atoms with Crippen molar-refractivity contribution in [1.82, 2.24) is 14.9 Å². The molecule has 6 heteroatoms. The molecule has 2 amide bonds. The van der Waals surface area contributed by atoms with E-state index in [1.807, 2.05) is 0 Å². The predicted molar refractivity (Wildman–Crippen MR) is 76.0 cm³/mol. The number of aryl methyl sites for hydroxylation is 1. The summed E-state index contributed by atoms with van der Waals surface area (Å²) in [6, 6.07) is 6.94. The molecule has 2 heterocycles. The van der Waals surface area contributed by atoms with Crippen molar-refractivity contribution in [3.8, 4) is 0 Å². The normalized spacial score (nSPS) is 13.3. The van der Waals surface area contributed by atoms with Gasteiger partial charge in [0.05, 0.1) is 11.1 Å². The Morgan fingerprint density at radius 1 is 1.10 bits per heavy atom. The first kappa shape index (κ1) is 14.3. The Bertz CT molecular complexity index is 590. The van der Waals surface area contributed by atoms with Gasteiger partial charge in [-0.3, -0.25) is 14.5 Å². The maximum Gasteiger partial charge on any atom is 0.261 e. The Balaban J connectivity index is 0.00000147. The van der Waals surface area contributed by atoms with E-state index in [1.165, 1.54) is 4.90 Å². The molecule has 0 aliphatic carbocycles. The highest BCUT2D eigenvalue weighted by Gasteiger charge is 2.34. The zero-order valence-electron chi connectivity index (χ0n) is 10.7. The van der Waals surface area contributed by atoms with Crippen LogP contribution in [0.2, 0.25) is 0 Å². The number of halogens is 1. The van der Waals surface area contributed by atoms with E-state index < -0.39 is 0 Å². The Kier molecular flexibility index (Phi) is 4.20. The lowest BCUT2D eigenvalue weighted by molar-refractivity contribution is 0.0652. The van der Waals surface area contributed by atoms with Crippen LogP contribution in [0.15, 0.2) is 36.7 Å². The average molecular weight is 292 g/mol. The highest BCUT2D eigenvalue weighted by Crippen LogP contribution is 2.22. The number of rotatable bonds is 4. The molecule has 1 aliphatic heterocycles. The molecular formula is C14H14ClN3O2. The predicted octanol–water partition coefficient (Wildman–Crippen LogP) is 2.06. The zero-order valence-corrected chi connectivity index (χ0v) is 11.5. The van der Waals surface area contributed by atoms with Crippen molar-refractivity contribution in [3.05, 3.63) is 53.6 Å². The SMILES string of the molecule is Cl.O=C1c2ccccc2C(=O)N1CCCc1ncc[nH]1. The molecule has 0 atom stereocenters. The molecule has 3 rings (SSSR count). The minimum absolute atomic E-state index is 0. The van der Waals surface area contributed by atoms with E-state index in [2.05, 4.69) is 9.97 Å². The highest BCUT2D eigenvalue weighted by molar-refractivity contribution is 6.21. The molecule has 0 spiro atoms. The highest BCUT2D eigenvalue weighted by atomic mass is 35.5. The molecule has 1 aromatic heterocycles. The molecule has 0 saturated carbocycles. The Labute approximate surface area is 122 Å². The van der Waals surface area contributed by atoms with E-state index >= 15 is 0 Å². The summed E-state index contributed by atoms with van der Waals surface area (Å²) < 4.78 is 0. The Morgan fingerprint density at radius 3 is 2.30 bits per heavy atom. The number of hydrogen-bond acceptors (Lipinski definition) is 3. The number of nitrogens with zero attached hydrogens (tertiary/aromatic N) is 2. The molecule has 0 unspecified atom stereocenters. The van der Waals surface area contributed by atoms with Crippen LogP contribution in [0.25, 0.3) is 0 Å². The molecule has 104 valence electrons. The van der Waals surface area contributed by atoms with E-state index in [9.17, 15) is 9.59 Å². The maximum atomic E-state index is 12.1. The van der Waals surface area contributed by atoms with Crippen molar-refractivity contribution in [2.45, 2.75) is 12.8 Å². The van der Waals surface area contributed by atoms with E-state index in [0.717, 1.165) is 12.2 Å². The first-order valence-electron chi connectivity index (χ1n) is 6.21. The molecule has 1 N–H and O–H groups in total. The molecule has 0 saturated heterocycles. The Morgan fingerprint density at radius 2 is 1.75 bits per heavy atom. The fraction of sp³-hybridized carbons (Fsp3) is 0.214. The van der Waals surface area contributed by atoms with Gasteiger partial charge in [0.2, 0.25) is 0 Å². The monoisotopic (exact) mass is 291 g/mol. The molecule has 0 bridgehead atoms. The summed E-state index contributed by atoms with van der Waals surface area (Å²) in [5.41, 5.74) is 1.01. The molecule has 1 aromatic carbocycles. The van der Waals surface area contributed by atoms with E-state index in [0.29, 0.717) is 24.1 Å². The van der Waals surface area contributed by atoms with Crippen molar-refractivity contribution < 1.29 is 9.59 Å². The molecule has 2 aromatic rings. The second-order valence-electron chi connectivity index (χ2n) is 4.45. The Hall–Kier alpha value is -2.14. The number of benzene rings is 1. The van der Waals surface area contributed by atoms with Crippen LogP contribution in [0.4, 0.5) is 0 Å². The van der Waals surface area contributed by atoms with E-state index in [1.54, 1.807) is 36.7 Å². The number of hydrogen-bond donors (Lipinski definition) is 1. The molecular weight excluding hydrogens is 278 g/mol. The van der Waals surface area contributed by atoms with Gasteiger partial charge >= 0.3 is 0 Å².